The van der Waals surface area contributed by atoms with Gasteiger partial charge in [-0.05, 0) is 42.8 Å². The first-order valence-electron chi connectivity index (χ1n) is 8.19. The second kappa shape index (κ2) is 8.15. The van der Waals surface area contributed by atoms with Crippen molar-refractivity contribution in [2.45, 2.75) is 19.4 Å². The van der Waals surface area contributed by atoms with Crippen LogP contribution in [0.3, 0.4) is 0 Å². The standard InChI is InChI=1S/C20H20N2O3/c21-20(23)6-3-13-24-17-9-11-18(12-10-17)25-14-16-8-7-15-4-1-2-5-19(15)22-16/h1-2,4-5,7-12H,3,6,13-14H2,(H2,21,23). The van der Waals surface area contributed by atoms with Crippen molar-refractivity contribution >= 4 is 16.8 Å². The largest absolute Gasteiger partial charge is 0.494 e. The number of nitrogens with zero attached hydrogens (tertiary/aromatic N) is 1. The molecule has 0 bridgehead atoms. The Kier molecular flexibility index (Phi) is 5.46. The molecule has 2 aromatic carbocycles. The summed E-state index contributed by atoms with van der Waals surface area (Å²) in [5.74, 6) is 1.18. The first-order valence-corrected chi connectivity index (χ1v) is 8.19. The molecule has 2 N–H and O–H groups in total. The van der Waals surface area contributed by atoms with E-state index in [0.29, 0.717) is 26.1 Å². The lowest BCUT2D eigenvalue weighted by Gasteiger charge is -2.09. The molecule has 0 radical (unpaired) electrons. The lowest BCUT2D eigenvalue weighted by molar-refractivity contribution is -0.118. The topological polar surface area (TPSA) is 74.4 Å². The number of rotatable bonds is 8. The minimum atomic E-state index is -0.311. The molecule has 3 aromatic rings. The van der Waals surface area contributed by atoms with E-state index in [1.54, 1.807) is 0 Å². The second-order valence-electron chi connectivity index (χ2n) is 5.67. The number of carbonyl (C=O) groups is 1. The van der Waals surface area contributed by atoms with Crippen molar-refractivity contribution in [1.29, 1.82) is 0 Å². The zero-order valence-corrected chi connectivity index (χ0v) is 13.9. The van der Waals surface area contributed by atoms with E-state index < -0.39 is 0 Å². The number of hydrogen-bond acceptors (Lipinski definition) is 4. The van der Waals surface area contributed by atoms with Gasteiger partial charge in [0.2, 0.25) is 5.91 Å². The summed E-state index contributed by atoms with van der Waals surface area (Å²) < 4.78 is 11.3. The maximum atomic E-state index is 10.7. The van der Waals surface area contributed by atoms with Gasteiger partial charge in [-0.2, -0.15) is 0 Å². The molecule has 0 atom stereocenters. The molecular formula is C20H20N2O3. The van der Waals surface area contributed by atoms with E-state index in [1.165, 1.54) is 0 Å². The van der Waals surface area contributed by atoms with Gasteiger partial charge >= 0.3 is 0 Å². The van der Waals surface area contributed by atoms with Gasteiger partial charge < -0.3 is 15.2 Å². The Balaban J connectivity index is 1.51. The van der Waals surface area contributed by atoms with Crippen molar-refractivity contribution < 1.29 is 14.3 Å². The van der Waals surface area contributed by atoms with Gasteiger partial charge in [0.05, 0.1) is 17.8 Å². The van der Waals surface area contributed by atoms with E-state index in [0.717, 1.165) is 28.1 Å². The Morgan fingerprint density at radius 1 is 0.920 bits per heavy atom. The van der Waals surface area contributed by atoms with Gasteiger partial charge in [-0.25, -0.2) is 4.98 Å². The van der Waals surface area contributed by atoms with E-state index in [-0.39, 0.29) is 5.91 Å². The summed E-state index contributed by atoms with van der Waals surface area (Å²) in [7, 11) is 0. The van der Waals surface area contributed by atoms with Gasteiger partial charge in [-0.1, -0.05) is 24.3 Å². The highest BCUT2D eigenvalue weighted by molar-refractivity contribution is 5.78. The molecule has 5 heteroatoms. The number of hydrogen-bond donors (Lipinski definition) is 1. The average molecular weight is 336 g/mol. The molecule has 0 spiro atoms. The number of ether oxygens (including phenoxy) is 2. The number of benzene rings is 2. The molecule has 25 heavy (non-hydrogen) atoms. The predicted molar refractivity (Wildman–Crippen MR) is 96.4 cm³/mol. The van der Waals surface area contributed by atoms with E-state index in [9.17, 15) is 4.79 Å². The summed E-state index contributed by atoms with van der Waals surface area (Å²) in [5, 5.41) is 1.11. The quantitative estimate of drug-likeness (QED) is 0.639. The highest BCUT2D eigenvalue weighted by Crippen LogP contribution is 2.19. The van der Waals surface area contributed by atoms with Crippen LogP contribution in [0.2, 0.25) is 0 Å². The summed E-state index contributed by atoms with van der Waals surface area (Å²) in [6.07, 6.45) is 0.946. The van der Waals surface area contributed by atoms with Crippen LogP contribution in [0.25, 0.3) is 10.9 Å². The summed E-state index contributed by atoms with van der Waals surface area (Å²) in [5.41, 5.74) is 6.93. The Morgan fingerprint density at radius 3 is 2.40 bits per heavy atom. The maximum Gasteiger partial charge on any atom is 0.217 e. The molecule has 0 aliphatic rings. The Bertz CT molecular complexity index is 847. The molecule has 5 nitrogen and oxygen atoms in total. The van der Waals surface area contributed by atoms with Gasteiger partial charge in [0, 0.05) is 11.8 Å². The Labute approximate surface area is 146 Å². The molecule has 128 valence electrons. The van der Waals surface area contributed by atoms with E-state index in [4.69, 9.17) is 15.2 Å². The van der Waals surface area contributed by atoms with E-state index in [2.05, 4.69) is 4.98 Å². The van der Waals surface area contributed by atoms with Crippen LogP contribution in [0.15, 0.2) is 60.7 Å². The molecule has 0 aliphatic heterocycles. The van der Waals surface area contributed by atoms with Crippen LogP contribution in [0.5, 0.6) is 11.5 Å². The molecule has 3 rings (SSSR count). The number of fused-ring (bicyclic) bond motifs is 1. The van der Waals surface area contributed by atoms with Gasteiger partial charge in [-0.15, -0.1) is 0 Å². The van der Waals surface area contributed by atoms with Crippen LogP contribution in [0.4, 0.5) is 0 Å². The van der Waals surface area contributed by atoms with Crippen molar-refractivity contribution in [3.63, 3.8) is 0 Å². The molecule has 0 saturated heterocycles. The van der Waals surface area contributed by atoms with Crippen LogP contribution in [-0.4, -0.2) is 17.5 Å². The predicted octanol–water partition coefficient (Wildman–Crippen LogP) is 3.46. The molecular weight excluding hydrogens is 316 g/mol. The molecule has 1 aromatic heterocycles. The zero-order valence-electron chi connectivity index (χ0n) is 13.9. The summed E-state index contributed by atoms with van der Waals surface area (Å²) in [6.45, 7) is 0.869. The third-order valence-electron chi connectivity index (χ3n) is 3.70. The summed E-state index contributed by atoms with van der Waals surface area (Å²) in [6, 6.07) is 19.4. The second-order valence-corrected chi connectivity index (χ2v) is 5.67. The molecule has 0 unspecified atom stereocenters. The van der Waals surface area contributed by atoms with Crippen molar-refractivity contribution in [1.82, 2.24) is 4.98 Å². The molecule has 1 amide bonds. The minimum Gasteiger partial charge on any atom is -0.494 e. The first kappa shape index (κ1) is 16.8. The number of carbonyl (C=O) groups excluding carboxylic acids is 1. The zero-order chi connectivity index (χ0) is 17.5. The Hall–Kier alpha value is -3.08. The van der Waals surface area contributed by atoms with Gasteiger partial charge in [-0.3, -0.25) is 4.79 Å². The fourth-order valence-corrected chi connectivity index (χ4v) is 2.41. The normalized spacial score (nSPS) is 10.6. The van der Waals surface area contributed by atoms with Crippen molar-refractivity contribution in [2.24, 2.45) is 5.73 Å². The molecule has 0 aliphatic carbocycles. The van der Waals surface area contributed by atoms with Crippen LogP contribution in [-0.2, 0) is 11.4 Å². The van der Waals surface area contributed by atoms with Gasteiger partial charge in [0.15, 0.2) is 0 Å². The van der Waals surface area contributed by atoms with E-state index >= 15 is 0 Å². The average Bonchev–Trinajstić information content (AvgIpc) is 2.64. The number of aromatic nitrogens is 1. The third-order valence-corrected chi connectivity index (χ3v) is 3.70. The fourth-order valence-electron chi connectivity index (χ4n) is 2.41. The van der Waals surface area contributed by atoms with Crippen LogP contribution >= 0.6 is 0 Å². The molecule has 1 heterocycles. The lowest BCUT2D eigenvalue weighted by Crippen LogP contribution is -2.11. The number of pyridine rings is 1. The smallest absolute Gasteiger partial charge is 0.217 e. The number of nitrogens with two attached hydrogens (primary N) is 1. The molecule has 0 fully saturated rings. The fraction of sp³-hybridized carbons (Fsp3) is 0.200. The number of para-hydroxylation sites is 1. The SMILES string of the molecule is NC(=O)CCCOc1ccc(OCc2ccc3ccccc3n2)cc1. The summed E-state index contributed by atoms with van der Waals surface area (Å²) >= 11 is 0. The third kappa shape index (κ3) is 4.94. The van der Waals surface area contributed by atoms with E-state index in [1.807, 2.05) is 60.7 Å². The van der Waals surface area contributed by atoms with Gasteiger partial charge in [0.25, 0.3) is 0 Å². The van der Waals surface area contributed by atoms with Crippen LogP contribution < -0.4 is 15.2 Å². The number of primary amides is 1. The van der Waals surface area contributed by atoms with Gasteiger partial charge in [0.1, 0.15) is 18.1 Å². The maximum absolute atomic E-state index is 10.7. The summed E-state index contributed by atoms with van der Waals surface area (Å²) in [4.78, 5) is 15.2. The monoisotopic (exact) mass is 336 g/mol. The lowest BCUT2D eigenvalue weighted by atomic mass is 10.2. The first-order chi connectivity index (χ1) is 12.2. The van der Waals surface area contributed by atoms with Crippen LogP contribution in [0, 0.1) is 0 Å². The van der Waals surface area contributed by atoms with Crippen molar-refractivity contribution in [2.75, 3.05) is 6.61 Å². The highest BCUT2D eigenvalue weighted by Gasteiger charge is 2.01. The number of amides is 1. The Morgan fingerprint density at radius 2 is 1.64 bits per heavy atom. The minimum absolute atomic E-state index is 0.311. The van der Waals surface area contributed by atoms with Crippen LogP contribution in [0.1, 0.15) is 18.5 Å². The van der Waals surface area contributed by atoms with Crippen molar-refractivity contribution in [3.05, 3.63) is 66.4 Å². The molecule has 0 saturated carbocycles. The van der Waals surface area contributed by atoms with Crippen molar-refractivity contribution in [3.8, 4) is 11.5 Å². The highest BCUT2D eigenvalue weighted by atomic mass is 16.5.